The zero-order chi connectivity index (χ0) is 11.3. The summed E-state index contributed by atoms with van der Waals surface area (Å²) >= 11 is 0. The van der Waals surface area contributed by atoms with Gasteiger partial charge in [0.25, 0.3) is 0 Å². The summed E-state index contributed by atoms with van der Waals surface area (Å²) in [5.41, 5.74) is 8.00. The quantitative estimate of drug-likeness (QED) is 0.295. The highest BCUT2D eigenvalue weighted by Crippen LogP contribution is 2.29. The van der Waals surface area contributed by atoms with Crippen LogP contribution in [0, 0.1) is 0 Å². The van der Waals surface area contributed by atoms with Crippen molar-refractivity contribution in [2.75, 3.05) is 19.6 Å². The van der Waals surface area contributed by atoms with Gasteiger partial charge in [-0.15, -0.1) is 0 Å². The molecule has 1 aliphatic rings. The van der Waals surface area contributed by atoms with Crippen molar-refractivity contribution in [2.45, 2.75) is 31.5 Å². The highest BCUT2D eigenvalue weighted by molar-refractivity contribution is 4.85. The molecular formula is C8H13F3N4. The van der Waals surface area contributed by atoms with E-state index in [1.165, 1.54) is 4.90 Å². The Bertz CT molecular complexity index is 243. The van der Waals surface area contributed by atoms with Gasteiger partial charge < -0.3 is 0 Å². The third-order valence-corrected chi connectivity index (χ3v) is 2.21. The maximum absolute atomic E-state index is 12.1. The van der Waals surface area contributed by atoms with Crippen LogP contribution in [0.1, 0.15) is 19.3 Å². The molecule has 1 saturated carbocycles. The average molecular weight is 222 g/mol. The van der Waals surface area contributed by atoms with Crippen molar-refractivity contribution < 1.29 is 13.2 Å². The number of hydrogen-bond acceptors (Lipinski definition) is 2. The molecule has 0 aromatic heterocycles. The number of azide groups is 1. The molecule has 0 spiro atoms. The van der Waals surface area contributed by atoms with Gasteiger partial charge in [0.1, 0.15) is 0 Å². The summed E-state index contributed by atoms with van der Waals surface area (Å²) in [4.78, 5) is 3.98. The molecule has 7 heteroatoms. The largest absolute Gasteiger partial charge is 0.401 e. The van der Waals surface area contributed by atoms with E-state index in [4.69, 9.17) is 5.53 Å². The molecule has 1 fully saturated rings. The van der Waals surface area contributed by atoms with Gasteiger partial charge >= 0.3 is 6.18 Å². The number of rotatable bonds is 6. The minimum absolute atomic E-state index is 0.0812. The Balaban J connectivity index is 2.27. The molecule has 0 bridgehead atoms. The van der Waals surface area contributed by atoms with Gasteiger partial charge in [-0.2, -0.15) is 13.2 Å². The van der Waals surface area contributed by atoms with Gasteiger partial charge in [0.2, 0.25) is 0 Å². The smallest absolute Gasteiger partial charge is 0.292 e. The fourth-order valence-electron chi connectivity index (χ4n) is 1.45. The predicted molar refractivity (Wildman–Crippen MR) is 49.3 cm³/mol. The normalized spacial score (nSPS) is 16.5. The first-order chi connectivity index (χ1) is 7.03. The topological polar surface area (TPSA) is 52.0 Å². The molecule has 0 amide bonds. The predicted octanol–water partition coefficient (Wildman–Crippen LogP) is 2.71. The maximum atomic E-state index is 12.1. The van der Waals surface area contributed by atoms with Crippen molar-refractivity contribution in [3.8, 4) is 0 Å². The first kappa shape index (κ1) is 12.1. The number of halogens is 3. The van der Waals surface area contributed by atoms with Crippen LogP contribution in [-0.2, 0) is 0 Å². The Morgan fingerprint density at radius 3 is 2.53 bits per heavy atom. The van der Waals surface area contributed by atoms with Crippen LogP contribution < -0.4 is 0 Å². The van der Waals surface area contributed by atoms with E-state index in [-0.39, 0.29) is 12.6 Å². The van der Waals surface area contributed by atoms with Crippen molar-refractivity contribution in [3.63, 3.8) is 0 Å². The fraction of sp³-hybridized carbons (Fsp3) is 1.00. The van der Waals surface area contributed by atoms with Crippen LogP contribution in [0.4, 0.5) is 13.2 Å². The Morgan fingerprint density at radius 2 is 2.07 bits per heavy atom. The van der Waals surface area contributed by atoms with E-state index in [0.717, 1.165) is 12.8 Å². The Labute approximate surface area is 85.7 Å². The lowest BCUT2D eigenvalue weighted by Crippen LogP contribution is -2.36. The molecular weight excluding hydrogens is 209 g/mol. The highest BCUT2D eigenvalue weighted by Gasteiger charge is 2.37. The van der Waals surface area contributed by atoms with E-state index in [1.54, 1.807) is 0 Å². The summed E-state index contributed by atoms with van der Waals surface area (Å²) in [6.45, 7) is -0.241. The molecule has 4 nitrogen and oxygen atoms in total. The van der Waals surface area contributed by atoms with E-state index in [1.807, 2.05) is 0 Å². The average Bonchev–Trinajstić information content (AvgIpc) is 2.91. The van der Waals surface area contributed by atoms with E-state index >= 15 is 0 Å². The van der Waals surface area contributed by atoms with Gasteiger partial charge in [0, 0.05) is 17.5 Å². The fourth-order valence-corrected chi connectivity index (χ4v) is 1.45. The molecule has 0 N–H and O–H groups in total. The van der Waals surface area contributed by atoms with E-state index in [2.05, 4.69) is 10.0 Å². The van der Waals surface area contributed by atoms with E-state index in [0.29, 0.717) is 13.0 Å². The third kappa shape index (κ3) is 5.49. The first-order valence-electron chi connectivity index (χ1n) is 4.84. The molecule has 0 heterocycles. The number of hydrogen-bond donors (Lipinski definition) is 0. The number of nitrogens with zero attached hydrogens (tertiary/aromatic N) is 4. The lowest BCUT2D eigenvalue weighted by molar-refractivity contribution is -0.147. The van der Waals surface area contributed by atoms with Crippen molar-refractivity contribution in [1.29, 1.82) is 0 Å². The van der Waals surface area contributed by atoms with Gasteiger partial charge in [-0.3, -0.25) is 4.90 Å². The Hall–Kier alpha value is -0.940. The molecule has 1 rings (SSSR count). The van der Waals surface area contributed by atoms with Gasteiger partial charge in [-0.05, 0) is 31.3 Å². The van der Waals surface area contributed by atoms with Gasteiger partial charge in [-0.25, -0.2) is 0 Å². The van der Waals surface area contributed by atoms with Crippen LogP contribution in [0.5, 0.6) is 0 Å². The van der Waals surface area contributed by atoms with Crippen molar-refractivity contribution in [1.82, 2.24) is 4.90 Å². The molecule has 1 aliphatic carbocycles. The lowest BCUT2D eigenvalue weighted by atomic mass is 10.3. The monoisotopic (exact) mass is 222 g/mol. The highest BCUT2D eigenvalue weighted by atomic mass is 19.4. The molecule has 0 aromatic rings. The Kier molecular flexibility index (Phi) is 4.23. The van der Waals surface area contributed by atoms with E-state index in [9.17, 15) is 13.2 Å². The first-order valence-corrected chi connectivity index (χ1v) is 4.84. The molecule has 0 aliphatic heterocycles. The molecule has 0 aromatic carbocycles. The zero-order valence-corrected chi connectivity index (χ0v) is 8.24. The van der Waals surface area contributed by atoms with Crippen LogP contribution in [0.25, 0.3) is 10.4 Å². The summed E-state index contributed by atoms with van der Waals surface area (Å²) in [6.07, 6.45) is -1.97. The van der Waals surface area contributed by atoms with Crippen molar-refractivity contribution in [2.24, 2.45) is 5.11 Å². The van der Waals surface area contributed by atoms with Crippen molar-refractivity contribution in [3.05, 3.63) is 10.4 Å². The Morgan fingerprint density at radius 1 is 1.40 bits per heavy atom. The molecule has 15 heavy (non-hydrogen) atoms. The standard InChI is InChI=1S/C8H13F3N4/c9-8(10,11)6-15(7-2-3-7)5-1-4-13-14-12/h7H,1-6H2. The number of alkyl halides is 3. The summed E-state index contributed by atoms with van der Waals surface area (Å²) in [7, 11) is 0. The van der Waals surface area contributed by atoms with Crippen LogP contribution in [0.2, 0.25) is 0 Å². The van der Waals surface area contributed by atoms with E-state index < -0.39 is 12.7 Å². The van der Waals surface area contributed by atoms with Gasteiger partial charge in [-0.1, -0.05) is 5.11 Å². The molecule has 0 radical (unpaired) electrons. The lowest BCUT2D eigenvalue weighted by Gasteiger charge is -2.22. The van der Waals surface area contributed by atoms with Crippen LogP contribution in [-0.4, -0.2) is 36.8 Å². The van der Waals surface area contributed by atoms with Gasteiger partial charge in [0.15, 0.2) is 0 Å². The SMILES string of the molecule is [N-]=[N+]=NCCCN(CC(F)(F)F)C1CC1. The van der Waals surface area contributed by atoms with Gasteiger partial charge in [0.05, 0.1) is 6.54 Å². The van der Waals surface area contributed by atoms with Crippen LogP contribution in [0.15, 0.2) is 5.11 Å². The van der Waals surface area contributed by atoms with Crippen LogP contribution >= 0.6 is 0 Å². The summed E-state index contributed by atoms with van der Waals surface area (Å²) in [5, 5.41) is 3.29. The molecule has 86 valence electrons. The van der Waals surface area contributed by atoms with Crippen molar-refractivity contribution >= 4 is 0 Å². The summed E-state index contributed by atoms with van der Waals surface area (Å²) in [6, 6.07) is 0.0812. The second-order valence-electron chi connectivity index (χ2n) is 3.62. The van der Waals surface area contributed by atoms with Crippen LogP contribution in [0.3, 0.4) is 0 Å². The third-order valence-electron chi connectivity index (χ3n) is 2.21. The maximum Gasteiger partial charge on any atom is 0.401 e. The second kappa shape index (κ2) is 5.23. The zero-order valence-electron chi connectivity index (χ0n) is 8.24. The summed E-state index contributed by atoms with van der Waals surface area (Å²) < 4.78 is 36.4. The molecule has 0 saturated heterocycles. The molecule has 0 atom stereocenters. The minimum Gasteiger partial charge on any atom is -0.292 e. The molecule has 0 unspecified atom stereocenters. The minimum atomic E-state index is -4.14. The second-order valence-corrected chi connectivity index (χ2v) is 3.62. The summed E-state index contributed by atoms with van der Waals surface area (Å²) in [5.74, 6) is 0.